The van der Waals surface area contributed by atoms with Gasteiger partial charge in [0.15, 0.2) is 0 Å². The Morgan fingerprint density at radius 2 is 2.15 bits per heavy atom. The molecule has 0 unspecified atom stereocenters. The Hall–Kier alpha value is -3.34. The third-order valence-electron chi connectivity index (χ3n) is 4.83. The van der Waals surface area contributed by atoms with Crippen LogP contribution in [0.2, 0.25) is 0 Å². The monoisotopic (exact) mass is 365 g/mol. The van der Waals surface area contributed by atoms with Gasteiger partial charge in [0.25, 0.3) is 5.91 Å². The van der Waals surface area contributed by atoms with E-state index in [1.165, 1.54) is 0 Å². The van der Waals surface area contributed by atoms with Gasteiger partial charge in [-0.25, -0.2) is 9.97 Å². The van der Waals surface area contributed by atoms with E-state index < -0.39 is 0 Å². The van der Waals surface area contributed by atoms with Gasteiger partial charge in [-0.15, -0.1) is 0 Å². The Morgan fingerprint density at radius 3 is 2.81 bits per heavy atom. The lowest BCUT2D eigenvalue weighted by molar-refractivity contribution is 0.0965. The van der Waals surface area contributed by atoms with Gasteiger partial charge in [-0.2, -0.15) is 5.26 Å². The maximum absolute atomic E-state index is 11.8. The summed E-state index contributed by atoms with van der Waals surface area (Å²) in [4.78, 5) is 22.6. The molecule has 0 aliphatic carbocycles. The maximum Gasteiger partial charge on any atom is 0.253 e. The summed E-state index contributed by atoms with van der Waals surface area (Å²) < 4.78 is 11.0. The number of carbonyl (C=O) groups is 1. The minimum Gasteiger partial charge on any atom is -0.489 e. The number of amides is 1. The summed E-state index contributed by atoms with van der Waals surface area (Å²) in [5.74, 6) is 1.75. The van der Waals surface area contributed by atoms with E-state index in [0.717, 1.165) is 25.9 Å². The van der Waals surface area contributed by atoms with Gasteiger partial charge < -0.3 is 19.7 Å². The average molecular weight is 365 g/mol. The second-order valence-corrected chi connectivity index (χ2v) is 6.49. The third kappa shape index (κ3) is 3.36. The lowest BCUT2D eigenvalue weighted by atomic mass is 10.1. The Kier molecular flexibility index (Phi) is 4.50. The van der Waals surface area contributed by atoms with Crippen molar-refractivity contribution in [2.75, 3.05) is 25.1 Å². The molecule has 8 nitrogen and oxygen atoms in total. The van der Waals surface area contributed by atoms with E-state index >= 15 is 0 Å². The van der Waals surface area contributed by atoms with Crippen LogP contribution in [-0.2, 0) is 6.54 Å². The van der Waals surface area contributed by atoms with Gasteiger partial charge in [0.05, 0.1) is 36.7 Å². The molecule has 1 saturated heterocycles. The van der Waals surface area contributed by atoms with Gasteiger partial charge in [0, 0.05) is 32.0 Å². The fourth-order valence-corrected chi connectivity index (χ4v) is 3.39. The normalized spacial score (nSPS) is 16.4. The van der Waals surface area contributed by atoms with Crippen molar-refractivity contribution >= 4 is 11.7 Å². The number of ether oxygens (including phenoxy) is 2. The highest BCUT2D eigenvalue weighted by Gasteiger charge is 2.27. The van der Waals surface area contributed by atoms with Crippen LogP contribution in [0.5, 0.6) is 11.6 Å². The van der Waals surface area contributed by atoms with Crippen LogP contribution >= 0.6 is 0 Å². The van der Waals surface area contributed by atoms with Gasteiger partial charge in [0.2, 0.25) is 5.88 Å². The molecular weight excluding hydrogens is 346 g/mol. The molecule has 0 atom stereocenters. The van der Waals surface area contributed by atoms with Crippen LogP contribution < -0.4 is 19.7 Å². The first-order valence-electron chi connectivity index (χ1n) is 8.82. The highest BCUT2D eigenvalue weighted by atomic mass is 16.5. The number of hydrogen-bond acceptors (Lipinski definition) is 7. The number of nitriles is 1. The summed E-state index contributed by atoms with van der Waals surface area (Å²) in [5.41, 5.74) is 1.64. The fourth-order valence-electron chi connectivity index (χ4n) is 3.39. The molecule has 2 aromatic heterocycles. The van der Waals surface area contributed by atoms with Gasteiger partial charge >= 0.3 is 0 Å². The highest BCUT2D eigenvalue weighted by molar-refractivity contribution is 5.98. The zero-order valence-electron chi connectivity index (χ0n) is 14.9. The van der Waals surface area contributed by atoms with E-state index in [1.54, 1.807) is 25.4 Å². The standard InChI is InChI=1S/C19H19N5O3/c1-26-17-3-2-14(10-21-17)27-13-4-6-24(7-5-13)18-12(9-20)8-15-16(23-18)11-22-19(15)25/h2-3,8,10,13H,4-7,11H2,1H3,(H,22,25). The number of anilines is 1. The van der Waals surface area contributed by atoms with Crippen molar-refractivity contribution in [1.29, 1.82) is 5.26 Å². The molecular formula is C19H19N5O3. The van der Waals surface area contributed by atoms with Crippen molar-refractivity contribution < 1.29 is 14.3 Å². The van der Waals surface area contributed by atoms with Gasteiger partial charge in [-0.3, -0.25) is 4.79 Å². The molecule has 4 heterocycles. The number of pyridine rings is 2. The van der Waals surface area contributed by atoms with Crippen LogP contribution in [0.4, 0.5) is 5.82 Å². The van der Waals surface area contributed by atoms with E-state index in [9.17, 15) is 10.1 Å². The Labute approximate surface area is 156 Å². The number of rotatable bonds is 4. The van der Waals surface area contributed by atoms with Crippen molar-refractivity contribution in [3.63, 3.8) is 0 Å². The van der Waals surface area contributed by atoms with E-state index in [2.05, 4.69) is 26.3 Å². The predicted molar refractivity (Wildman–Crippen MR) is 96.8 cm³/mol. The first-order valence-corrected chi connectivity index (χ1v) is 8.82. The van der Waals surface area contributed by atoms with Crippen molar-refractivity contribution in [3.05, 3.63) is 41.2 Å². The molecule has 138 valence electrons. The van der Waals surface area contributed by atoms with Crippen molar-refractivity contribution in [2.24, 2.45) is 0 Å². The molecule has 1 fully saturated rings. The van der Waals surface area contributed by atoms with Gasteiger partial charge in [-0.1, -0.05) is 0 Å². The SMILES string of the molecule is COc1ccc(OC2CCN(c3nc4c(cc3C#N)C(=O)NC4)CC2)cn1. The number of fused-ring (bicyclic) bond motifs is 1. The molecule has 1 amide bonds. The number of carbonyl (C=O) groups excluding carboxylic acids is 1. The third-order valence-corrected chi connectivity index (χ3v) is 4.83. The van der Waals surface area contributed by atoms with E-state index in [4.69, 9.17) is 9.47 Å². The van der Waals surface area contributed by atoms with E-state index in [-0.39, 0.29) is 12.0 Å². The molecule has 2 aliphatic heterocycles. The summed E-state index contributed by atoms with van der Waals surface area (Å²) in [6.07, 6.45) is 3.37. The Morgan fingerprint density at radius 1 is 1.33 bits per heavy atom. The zero-order valence-corrected chi connectivity index (χ0v) is 14.9. The summed E-state index contributed by atoms with van der Waals surface area (Å²) >= 11 is 0. The largest absolute Gasteiger partial charge is 0.489 e. The molecule has 8 heteroatoms. The van der Waals surface area contributed by atoms with Crippen molar-refractivity contribution in [1.82, 2.24) is 15.3 Å². The van der Waals surface area contributed by atoms with Crippen molar-refractivity contribution in [3.8, 4) is 17.7 Å². The smallest absolute Gasteiger partial charge is 0.253 e. The molecule has 0 radical (unpaired) electrons. The van der Waals surface area contributed by atoms with Gasteiger partial charge in [-0.05, 0) is 12.1 Å². The van der Waals surface area contributed by atoms with Crippen molar-refractivity contribution in [2.45, 2.75) is 25.5 Å². The number of aromatic nitrogens is 2. The lowest BCUT2D eigenvalue weighted by Gasteiger charge is -2.33. The van der Waals surface area contributed by atoms with Crippen LogP contribution in [0.1, 0.15) is 34.5 Å². The summed E-state index contributed by atoms with van der Waals surface area (Å²) in [6, 6.07) is 7.43. The number of nitrogens with one attached hydrogen (secondary N) is 1. The second kappa shape index (κ2) is 7.11. The summed E-state index contributed by atoms with van der Waals surface area (Å²) in [5, 5.41) is 12.2. The molecule has 0 bridgehead atoms. The summed E-state index contributed by atoms with van der Waals surface area (Å²) in [6.45, 7) is 1.88. The van der Waals surface area contributed by atoms with Crippen LogP contribution in [0.15, 0.2) is 24.4 Å². The van der Waals surface area contributed by atoms with Crippen LogP contribution in [0.3, 0.4) is 0 Å². The van der Waals surface area contributed by atoms with Gasteiger partial charge in [0.1, 0.15) is 23.7 Å². The zero-order chi connectivity index (χ0) is 18.8. The molecule has 2 aliphatic rings. The molecule has 0 saturated carbocycles. The second-order valence-electron chi connectivity index (χ2n) is 6.49. The molecule has 2 aromatic rings. The molecule has 4 rings (SSSR count). The lowest BCUT2D eigenvalue weighted by Crippen LogP contribution is -2.39. The fraction of sp³-hybridized carbons (Fsp3) is 0.368. The summed E-state index contributed by atoms with van der Waals surface area (Å²) in [7, 11) is 1.58. The molecule has 27 heavy (non-hydrogen) atoms. The minimum absolute atomic E-state index is 0.0830. The number of nitrogens with zero attached hydrogens (tertiary/aromatic N) is 4. The molecule has 1 N–H and O–H groups in total. The number of piperidine rings is 1. The predicted octanol–water partition coefficient (Wildman–Crippen LogP) is 1.65. The highest BCUT2D eigenvalue weighted by Crippen LogP contribution is 2.27. The average Bonchev–Trinajstić information content (AvgIpc) is 3.08. The topological polar surface area (TPSA) is 100 Å². The molecule has 0 spiro atoms. The van der Waals surface area contributed by atoms with Crippen LogP contribution in [-0.4, -0.2) is 42.2 Å². The quantitative estimate of drug-likeness (QED) is 0.879. The van der Waals surface area contributed by atoms with E-state index in [0.29, 0.717) is 40.8 Å². The Bertz CT molecular complexity index is 899. The van der Waals surface area contributed by atoms with Crippen LogP contribution in [0.25, 0.3) is 0 Å². The van der Waals surface area contributed by atoms with E-state index in [1.807, 2.05) is 6.07 Å². The number of methoxy groups -OCH3 is 1. The first-order chi connectivity index (χ1) is 13.2. The maximum atomic E-state index is 11.8. The first kappa shape index (κ1) is 17.1. The molecule has 0 aromatic carbocycles. The number of hydrogen-bond donors (Lipinski definition) is 1. The Balaban J connectivity index is 1.43. The minimum atomic E-state index is -0.166. The van der Waals surface area contributed by atoms with Crippen LogP contribution in [0, 0.1) is 11.3 Å².